The lowest BCUT2D eigenvalue weighted by atomic mass is 9.44. The summed E-state index contributed by atoms with van der Waals surface area (Å²) in [4.78, 5) is 5.23. The van der Waals surface area contributed by atoms with Gasteiger partial charge in [0.05, 0.1) is 0 Å². The van der Waals surface area contributed by atoms with E-state index in [1.807, 2.05) is 0 Å². The second-order valence-electron chi connectivity index (χ2n) is 10.7. The van der Waals surface area contributed by atoms with Crippen molar-refractivity contribution in [2.45, 2.75) is 51.4 Å². The highest BCUT2D eigenvalue weighted by Gasteiger charge is 2.55. The van der Waals surface area contributed by atoms with E-state index in [2.05, 4.69) is 54.1 Å². The van der Waals surface area contributed by atoms with Crippen molar-refractivity contribution in [3.63, 3.8) is 0 Å². The van der Waals surface area contributed by atoms with Gasteiger partial charge in [-0.3, -0.25) is 0 Å². The molecule has 2 unspecified atom stereocenters. The van der Waals surface area contributed by atoms with Crippen molar-refractivity contribution in [1.29, 1.82) is 0 Å². The first-order valence-electron chi connectivity index (χ1n) is 11.6. The van der Waals surface area contributed by atoms with Crippen molar-refractivity contribution < 1.29 is 0 Å². The van der Waals surface area contributed by atoms with Crippen molar-refractivity contribution in [3.8, 4) is 0 Å². The topological polar surface area (TPSA) is 6.48 Å². The average Bonchev–Trinajstić information content (AvgIpc) is 2.63. The summed E-state index contributed by atoms with van der Waals surface area (Å²) < 4.78 is 0. The Morgan fingerprint density at radius 1 is 0.889 bits per heavy atom. The van der Waals surface area contributed by atoms with Crippen LogP contribution in [0.5, 0.6) is 0 Å². The predicted octanol–water partition coefficient (Wildman–Crippen LogP) is 4.87. The molecule has 2 nitrogen and oxygen atoms in total. The zero-order valence-electron chi connectivity index (χ0n) is 17.4. The monoisotopic (exact) mass is 366 g/mol. The molecule has 4 aliphatic carbocycles. The summed E-state index contributed by atoms with van der Waals surface area (Å²) in [6, 6.07) is 11.7. The van der Waals surface area contributed by atoms with Gasteiger partial charge in [-0.2, -0.15) is 0 Å². The fourth-order valence-electron chi connectivity index (χ4n) is 8.05. The summed E-state index contributed by atoms with van der Waals surface area (Å²) in [5.41, 5.74) is 2.24. The van der Waals surface area contributed by atoms with Gasteiger partial charge in [0.2, 0.25) is 0 Å². The number of piperazine rings is 1. The smallest absolute Gasteiger partial charge is 0.0110 e. The molecule has 0 radical (unpaired) electrons. The molecule has 1 aromatic carbocycles. The van der Waals surface area contributed by atoms with Gasteiger partial charge < -0.3 is 9.80 Å². The van der Waals surface area contributed by atoms with E-state index in [1.54, 1.807) is 24.8 Å². The zero-order chi connectivity index (χ0) is 18.4. The fourth-order valence-corrected chi connectivity index (χ4v) is 8.05. The van der Waals surface area contributed by atoms with Gasteiger partial charge in [0.25, 0.3) is 0 Å². The largest absolute Gasteiger partial charge is 0.304 e. The SMILES string of the molecule is CC(CN1CCN(C)CC1)C(c1ccccc1)C12CC3CC(CC(C3)C1)C2. The van der Waals surface area contributed by atoms with Crippen LogP contribution in [0, 0.1) is 29.1 Å². The average molecular weight is 367 g/mol. The minimum atomic E-state index is 0.599. The number of nitrogens with zero attached hydrogens (tertiary/aromatic N) is 2. The molecule has 1 aliphatic heterocycles. The molecule has 4 bridgehead atoms. The van der Waals surface area contributed by atoms with Crippen molar-refractivity contribution in [3.05, 3.63) is 35.9 Å². The van der Waals surface area contributed by atoms with E-state index < -0.39 is 0 Å². The first-order valence-corrected chi connectivity index (χ1v) is 11.6. The quantitative estimate of drug-likeness (QED) is 0.733. The summed E-state index contributed by atoms with van der Waals surface area (Å²) >= 11 is 0. The van der Waals surface area contributed by atoms with E-state index in [0.29, 0.717) is 5.41 Å². The molecule has 1 aromatic rings. The Labute approximate surface area is 166 Å². The molecule has 148 valence electrons. The van der Waals surface area contributed by atoms with E-state index in [9.17, 15) is 0 Å². The second kappa shape index (κ2) is 7.19. The van der Waals surface area contributed by atoms with Gasteiger partial charge in [-0.05, 0) is 86.1 Å². The van der Waals surface area contributed by atoms with Crippen LogP contribution in [0.25, 0.3) is 0 Å². The molecule has 2 heteroatoms. The third-order valence-electron chi connectivity index (χ3n) is 8.62. The van der Waals surface area contributed by atoms with E-state index in [0.717, 1.165) is 29.6 Å². The molecule has 1 heterocycles. The van der Waals surface area contributed by atoms with Gasteiger partial charge >= 0.3 is 0 Å². The Bertz CT molecular complexity index is 596. The maximum atomic E-state index is 2.75. The van der Waals surface area contributed by atoms with Crippen molar-refractivity contribution >= 4 is 0 Å². The van der Waals surface area contributed by atoms with Crippen molar-refractivity contribution in [2.24, 2.45) is 29.1 Å². The van der Waals surface area contributed by atoms with Gasteiger partial charge in [0.1, 0.15) is 0 Å². The number of likely N-dealkylation sites (N-methyl/N-ethyl adjacent to an activating group) is 1. The lowest BCUT2D eigenvalue weighted by Crippen LogP contribution is -2.52. The minimum Gasteiger partial charge on any atom is -0.304 e. The van der Waals surface area contributed by atoms with E-state index in [1.165, 1.54) is 52.0 Å². The zero-order valence-corrected chi connectivity index (χ0v) is 17.4. The molecule has 2 atom stereocenters. The lowest BCUT2D eigenvalue weighted by molar-refractivity contribution is -0.0804. The molecule has 4 saturated carbocycles. The Hall–Kier alpha value is -0.860. The molecule has 6 rings (SSSR count). The van der Waals surface area contributed by atoms with Crippen LogP contribution in [0.4, 0.5) is 0 Å². The highest BCUT2D eigenvalue weighted by Crippen LogP contribution is 2.65. The second-order valence-corrected chi connectivity index (χ2v) is 10.7. The van der Waals surface area contributed by atoms with E-state index in [4.69, 9.17) is 0 Å². The lowest BCUT2D eigenvalue weighted by Gasteiger charge is -2.61. The Morgan fingerprint density at radius 2 is 1.44 bits per heavy atom. The van der Waals surface area contributed by atoms with Crippen molar-refractivity contribution in [2.75, 3.05) is 39.8 Å². The van der Waals surface area contributed by atoms with Crippen LogP contribution in [-0.2, 0) is 0 Å². The van der Waals surface area contributed by atoms with E-state index >= 15 is 0 Å². The molecule has 27 heavy (non-hydrogen) atoms. The molecule has 0 spiro atoms. The van der Waals surface area contributed by atoms with Crippen LogP contribution in [0.3, 0.4) is 0 Å². The van der Waals surface area contributed by atoms with Crippen LogP contribution >= 0.6 is 0 Å². The predicted molar refractivity (Wildman–Crippen MR) is 113 cm³/mol. The van der Waals surface area contributed by atoms with Gasteiger partial charge in [-0.25, -0.2) is 0 Å². The van der Waals surface area contributed by atoms with Crippen LogP contribution in [0.1, 0.15) is 56.9 Å². The third kappa shape index (κ3) is 3.49. The molecule has 0 aromatic heterocycles. The molecule has 0 amide bonds. The maximum absolute atomic E-state index is 2.75. The molecule has 5 fully saturated rings. The summed E-state index contributed by atoms with van der Waals surface area (Å²) in [6.45, 7) is 8.84. The molecule has 1 saturated heterocycles. The highest BCUT2D eigenvalue weighted by molar-refractivity contribution is 5.25. The number of hydrogen-bond acceptors (Lipinski definition) is 2. The third-order valence-corrected chi connectivity index (χ3v) is 8.62. The van der Waals surface area contributed by atoms with Gasteiger partial charge in [0, 0.05) is 32.7 Å². The van der Waals surface area contributed by atoms with Gasteiger partial charge in [-0.1, -0.05) is 37.3 Å². The van der Waals surface area contributed by atoms with Crippen LogP contribution in [0.2, 0.25) is 0 Å². The summed E-state index contributed by atoms with van der Waals surface area (Å²) in [7, 11) is 2.27. The number of benzene rings is 1. The first-order chi connectivity index (χ1) is 13.1. The van der Waals surface area contributed by atoms with Crippen LogP contribution in [-0.4, -0.2) is 49.6 Å². The minimum absolute atomic E-state index is 0.599. The standard InChI is InChI=1S/C25H38N2/c1-19(18-27-10-8-26(2)9-11-27)24(23-6-4-3-5-7-23)25-15-20-12-21(16-25)14-22(13-20)17-25/h3-7,19-22,24H,8-18H2,1-2H3. The fraction of sp³-hybridized carbons (Fsp3) is 0.760. The highest BCUT2D eigenvalue weighted by atomic mass is 15.2. The molecular weight excluding hydrogens is 328 g/mol. The van der Waals surface area contributed by atoms with Crippen molar-refractivity contribution in [1.82, 2.24) is 9.80 Å². The summed E-state index contributed by atoms with van der Waals surface area (Å²) in [6.07, 6.45) is 9.21. The normalized spacial score (nSPS) is 38.8. The molecular formula is C25H38N2. The Morgan fingerprint density at radius 3 is 2.00 bits per heavy atom. The van der Waals surface area contributed by atoms with Crippen LogP contribution < -0.4 is 0 Å². The molecule has 5 aliphatic rings. The Kier molecular flexibility index (Phi) is 4.84. The van der Waals surface area contributed by atoms with Gasteiger partial charge in [0.15, 0.2) is 0 Å². The Balaban J connectivity index is 1.41. The number of rotatable bonds is 5. The maximum Gasteiger partial charge on any atom is 0.0110 e. The molecule has 0 N–H and O–H groups in total. The van der Waals surface area contributed by atoms with E-state index in [-0.39, 0.29) is 0 Å². The number of hydrogen-bond donors (Lipinski definition) is 0. The summed E-state index contributed by atoms with van der Waals surface area (Å²) in [5.74, 6) is 4.63. The first kappa shape index (κ1) is 18.2. The van der Waals surface area contributed by atoms with Crippen LogP contribution in [0.15, 0.2) is 30.3 Å². The van der Waals surface area contributed by atoms with Gasteiger partial charge in [-0.15, -0.1) is 0 Å². The summed E-state index contributed by atoms with van der Waals surface area (Å²) in [5, 5.41) is 0.